The molecule has 1 aliphatic carbocycles. The SMILES string of the molecule is CN(CCC(F)(F)F)Cc1ccccc1CNC1CC1. The summed E-state index contributed by atoms with van der Waals surface area (Å²) in [6.07, 6.45) is -2.38. The monoisotopic (exact) mass is 286 g/mol. The molecule has 1 saturated carbocycles. The molecule has 2 rings (SSSR count). The highest BCUT2D eigenvalue weighted by Crippen LogP contribution is 2.22. The molecule has 1 fully saturated rings. The van der Waals surface area contributed by atoms with Crippen LogP contribution in [0.5, 0.6) is 0 Å². The minimum Gasteiger partial charge on any atom is -0.310 e. The molecule has 5 heteroatoms. The van der Waals surface area contributed by atoms with Gasteiger partial charge in [-0.15, -0.1) is 0 Å². The highest BCUT2D eigenvalue weighted by atomic mass is 19.4. The van der Waals surface area contributed by atoms with E-state index in [1.165, 1.54) is 18.4 Å². The molecule has 1 aromatic rings. The molecule has 0 heterocycles. The van der Waals surface area contributed by atoms with Gasteiger partial charge in [0.1, 0.15) is 0 Å². The lowest BCUT2D eigenvalue weighted by molar-refractivity contribution is -0.137. The molecule has 0 saturated heterocycles. The van der Waals surface area contributed by atoms with Crippen LogP contribution in [0.4, 0.5) is 13.2 Å². The third kappa shape index (κ3) is 5.51. The van der Waals surface area contributed by atoms with Crippen LogP contribution in [0.1, 0.15) is 30.4 Å². The van der Waals surface area contributed by atoms with Crippen molar-refractivity contribution in [1.82, 2.24) is 10.2 Å². The van der Waals surface area contributed by atoms with E-state index in [2.05, 4.69) is 5.32 Å². The molecule has 0 unspecified atom stereocenters. The number of hydrogen-bond donors (Lipinski definition) is 1. The van der Waals surface area contributed by atoms with E-state index < -0.39 is 12.6 Å². The van der Waals surface area contributed by atoms with Gasteiger partial charge < -0.3 is 10.2 Å². The van der Waals surface area contributed by atoms with E-state index >= 15 is 0 Å². The number of nitrogens with zero attached hydrogens (tertiary/aromatic N) is 1. The molecule has 0 atom stereocenters. The molecule has 0 amide bonds. The van der Waals surface area contributed by atoms with E-state index in [4.69, 9.17) is 0 Å². The number of halogens is 3. The Balaban J connectivity index is 1.86. The fourth-order valence-corrected chi connectivity index (χ4v) is 2.11. The smallest absolute Gasteiger partial charge is 0.310 e. The Morgan fingerprint density at radius 1 is 1.20 bits per heavy atom. The predicted octanol–water partition coefficient (Wildman–Crippen LogP) is 3.32. The van der Waals surface area contributed by atoms with Crippen molar-refractivity contribution in [2.24, 2.45) is 0 Å². The van der Waals surface area contributed by atoms with E-state index in [0.717, 1.165) is 12.1 Å². The molecule has 0 radical (unpaired) electrons. The maximum atomic E-state index is 12.2. The first-order valence-corrected chi connectivity index (χ1v) is 6.99. The largest absolute Gasteiger partial charge is 0.390 e. The van der Waals surface area contributed by atoms with Gasteiger partial charge >= 0.3 is 6.18 Å². The number of rotatable bonds is 7. The van der Waals surface area contributed by atoms with Crippen LogP contribution in [0.25, 0.3) is 0 Å². The second-order valence-corrected chi connectivity index (χ2v) is 5.53. The van der Waals surface area contributed by atoms with Gasteiger partial charge in [0.25, 0.3) is 0 Å². The van der Waals surface area contributed by atoms with Gasteiger partial charge in [-0.2, -0.15) is 13.2 Å². The lowest BCUT2D eigenvalue weighted by Crippen LogP contribution is -2.25. The van der Waals surface area contributed by atoms with E-state index in [1.54, 1.807) is 11.9 Å². The van der Waals surface area contributed by atoms with Gasteiger partial charge in [0, 0.05) is 25.7 Å². The van der Waals surface area contributed by atoms with Gasteiger partial charge in [-0.1, -0.05) is 24.3 Å². The van der Waals surface area contributed by atoms with Crippen molar-refractivity contribution in [1.29, 1.82) is 0 Å². The molecule has 1 aromatic carbocycles. The average molecular weight is 286 g/mol. The summed E-state index contributed by atoms with van der Waals surface area (Å²) < 4.78 is 36.6. The molecule has 0 bridgehead atoms. The van der Waals surface area contributed by atoms with Crippen LogP contribution in [0.15, 0.2) is 24.3 Å². The van der Waals surface area contributed by atoms with Crippen LogP contribution < -0.4 is 5.32 Å². The Labute approximate surface area is 118 Å². The minimum atomic E-state index is -4.08. The second kappa shape index (κ2) is 6.59. The number of alkyl halides is 3. The number of hydrogen-bond acceptors (Lipinski definition) is 2. The molecular formula is C15H21F3N2. The van der Waals surface area contributed by atoms with E-state index in [-0.39, 0.29) is 6.54 Å². The lowest BCUT2D eigenvalue weighted by Gasteiger charge is -2.19. The summed E-state index contributed by atoms with van der Waals surface area (Å²) in [5.74, 6) is 0. The summed E-state index contributed by atoms with van der Waals surface area (Å²) in [6, 6.07) is 8.58. The minimum absolute atomic E-state index is 0.0356. The zero-order valence-corrected chi connectivity index (χ0v) is 11.7. The van der Waals surface area contributed by atoms with Crippen molar-refractivity contribution < 1.29 is 13.2 Å². The van der Waals surface area contributed by atoms with Gasteiger partial charge in [-0.3, -0.25) is 0 Å². The van der Waals surface area contributed by atoms with E-state index in [0.29, 0.717) is 12.6 Å². The Hall–Kier alpha value is -1.07. The zero-order valence-electron chi connectivity index (χ0n) is 11.7. The lowest BCUT2D eigenvalue weighted by atomic mass is 10.1. The number of nitrogens with one attached hydrogen (secondary N) is 1. The summed E-state index contributed by atoms with van der Waals surface area (Å²) in [5.41, 5.74) is 2.28. The maximum absolute atomic E-state index is 12.2. The second-order valence-electron chi connectivity index (χ2n) is 5.53. The quantitative estimate of drug-likeness (QED) is 0.827. The van der Waals surface area contributed by atoms with Crippen molar-refractivity contribution >= 4 is 0 Å². The average Bonchev–Trinajstić information content (AvgIpc) is 3.19. The van der Waals surface area contributed by atoms with Crippen LogP contribution in [-0.2, 0) is 13.1 Å². The van der Waals surface area contributed by atoms with E-state index in [9.17, 15) is 13.2 Å². The normalized spacial score (nSPS) is 15.8. The predicted molar refractivity (Wildman–Crippen MR) is 73.3 cm³/mol. The highest BCUT2D eigenvalue weighted by molar-refractivity contribution is 5.27. The molecule has 0 aromatic heterocycles. The molecule has 20 heavy (non-hydrogen) atoms. The van der Waals surface area contributed by atoms with Crippen molar-refractivity contribution in [3.05, 3.63) is 35.4 Å². The van der Waals surface area contributed by atoms with Crippen LogP contribution in [0, 0.1) is 0 Å². The highest BCUT2D eigenvalue weighted by Gasteiger charge is 2.27. The molecule has 0 spiro atoms. The Kier molecular flexibility index (Phi) is 5.05. The first-order valence-electron chi connectivity index (χ1n) is 6.99. The van der Waals surface area contributed by atoms with Crippen molar-refractivity contribution in [3.8, 4) is 0 Å². The molecule has 1 N–H and O–H groups in total. The standard InChI is InChI=1S/C15H21F3N2/c1-20(9-8-15(16,17)18)11-13-5-3-2-4-12(13)10-19-14-6-7-14/h2-5,14,19H,6-11H2,1H3. The fourth-order valence-electron chi connectivity index (χ4n) is 2.11. The fraction of sp³-hybridized carbons (Fsp3) is 0.600. The van der Waals surface area contributed by atoms with Crippen LogP contribution in [-0.4, -0.2) is 30.7 Å². The maximum Gasteiger partial charge on any atom is 0.390 e. The molecule has 2 nitrogen and oxygen atoms in total. The van der Waals surface area contributed by atoms with Crippen LogP contribution >= 0.6 is 0 Å². The van der Waals surface area contributed by atoms with E-state index in [1.807, 2.05) is 24.3 Å². The summed E-state index contributed by atoms with van der Waals surface area (Å²) in [4.78, 5) is 1.73. The summed E-state index contributed by atoms with van der Waals surface area (Å²) >= 11 is 0. The van der Waals surface area contributed by atoms with Gasteiger partial charge in [-0.25, -0.2) is 0 Å². The Morgan fingerprint density at radius 2 is 1.85 bits per heavy atom. The van der Waals surface area contributed by atoms with Gasteiger partial charge in [0.15, 0.2) is 0 Å². The van der Waals surface area contributed by atoms with Crippen molar-refractivity contribution in [2.75, 3.05) is 13.6 Å². The van der Waals surface area contributed by atoms with Crippen molar-refractivity contribution in [2.45, 2.75) is 44.6 Å². The summed E-state index contributed by atoms with van der Waals surface area (Å²) in [7, 11) is 1.73. The summed E-state index contributed by atoms with van der Waals surface area (Å²) in [5, 5.41) is 3.44. The van der Waals surface area contributed by atoms with Gasteiger partial charge in [-0.05, 0) is 31.0 Å². The molecular weight excluding hydrogens is 265 g/mol. The topological polar surface area (TPSA) is 15.3 Å². The van der Waals surface area contributed by atoms with Gasteiger partial charge in [0.2, 0.25) is 0 Å². The molecule has 0 aliphatic heterocycles. The Morgan fingerprint density at radius 3 is 2.45 bits per heavy atom. The van der Waals surface area contributed by atoms with Gasteiger partial charge in [0.05, 0.1) is 6.42 Å². The van der Waals surface area contributed by atoms with Crippen LogP contribution in [0.3, 0.4) is 0 Å². The van der Waals surface area contributed by atoms with Crippen molar-refractivity contribution in [3.63, 3.8) is 0 Å². The Bertz CT molecular complexity index is 427. The summed E-state index contributed by atoms with van der Waals surface area (Å²) in [6.45, 7) is 1.39. The third-order valence-corrected chi connectivity index (χ3v) is 3.49. The molecule has 1 aliphatic rings. The zero-order chi connectivity index (χ0) is 14.6. The number of benzene rings is 1. The van der Waals surface area contributed by atoms with Crippen LogP contribution in [0.2, 0.25) is 0 Å². The first kappa shape index (κ1) is 15.3. The first-order chi connectivity index (χ1) is 9.44. The molecule has 112 valence electrons. The third-order valence-electron chi connectivity index (χ3n) is 3.49.